The second-order valence-electron chi connectivity index (χ2n) is 6.22. The van der Waals surface area contributed by atoms with Gasteiger partial charge in [-0.15, -0.1) is 0 Å². The third-order valence-electron chi connectivity index (χ3n) is 4.21. The smallest absolute Gasteiger partial charge is 0.269 e. The normalized spacial score (nSPS) is 10.4. The molecule has 0 atom stereocenters. The van der Waals surface area contributed by atoms with Gasteiger partial charge in [-0.1, -0.05) is 48.5 Å². The fourth-order valence-corrected chi connectivity index (χ4v) is 2.70. The van der Waals surface area contributed by atoms with E-state index in [4.69, 9.17) is 0 Å². The molecule has 2 N–H and O–H groups in total. The Bertz CT molecular complexity index is 866. The number of carbonyl (C=O) groups is 1. The van der Waals surface area contributed by atoms with Crippen molar-refractivity contribution in [3.8, 4) is 0 Å². The molecule has 1 aromatic heterocycles. The first-order valence-corrected chi connectivity index (χ1v) is 8.98. The molecule has 2 aromatic carbocycles. The van der Waals surface area contributed by atoms with E-state index in [9.17, 15) is 9.18 Å². The van der Waals surface area contributed by atoms with Crippen molar-refractivity contribution in [2.75, 3.05) is 11.9 Å². The van der Waals surface area contributed by atoms with Gasteiger partial charge in [0.25, 0.3) is 5.91 Å². The Morgan fingerprint density at radius 1 is 0.963 bits per heavy atom. The first-order chi connectivity index (χ1) is 13.2. The summed E-state index contributed by atoms with van der Waals surface area (Å²) in [6, 6.07) is 20.2. The van der Waals surface area contributed by atoms with Crippen molar-refractivity contribution in [3.05, 3.63) is 95.6 Å². The van der Waals surface area contributed by atoms with Crippen molar-refractivity contribution in [2.45, 2.75) is 19.4 Å². The standard InChI is InChI=1S/C22H22FN3O/c23-20-11-5-4-10-18(20)15-25-19-12-13-21(26-16-19)22(27)24-14-6-9-17-7-2-1-3-8-17/h1-5,7-8,10-13,16,25H,6,9,14-15H2,(H,24,27). The third-order valence-corrected chi connectivity index (χ3v) is 4.21. The zero-order valence-corrected chi connectivity index (χ0v) is 15.0. The van der Waals surface area contributed by atoms with Crippen LogP contribution in [0.4, 0.5) is 10.1 Å². The highest BCUT2D eigenvalue weighted by Crippen LogP contribution is 2.11. The summed E-state index contributed by atoms with van der Waals surface area (Å²) in [5.41, 5.74) is 2.94. The number of hydrogen-bond donors (Lipinski definition) is 2. The Labute approximate surface area is 158 Å². The Morgan fingerprint density at radius 2 is 1.74 bits per heavy atom. The number of amides is 1. The van der Waals surface area contributed by atoms with E-state index < -0.39 is 0 Å². The van der Waals surface area contributed by atoms with Gasteiger partial charge in [0.2, 0.25) is 0 Å². The predicted octanol–water partition coefficient (Wildman–Crippen LogP) is 4.20. The summed E-state index contributed by atoms with van der Waals surface area (Å²) in [5, 5.41) is 5.99. The van der Waals surface area contributed by atoms with Crippen molar-refractivity contribution in [1.29, 1.82) is 0 Å². The number of nitrogens with one attached hydrogen (secondary N) is 2. The Balaban J connectivity index is 1.43. The van der Waals surface area contributed by atoms with Crippen LogP contribution in [-0.4, -0.2) is 17.4 Å². The first-order valence-electron chi connectivity index (χ1n) is 8.98. The van der Waals surface area contributed by atoms with E-state index in [1.807, 2.05) is 18.2 Å². The highest BCUT2D eigenvalue weighted by molar-refractivity contribution is 5.92. The van der Waals surface area contributed by atoms with Crippen LogP contribution in [-0.2, 0) is 13.0 Å². The number of halogens is 1. The number of pyridine rings is 1. The summed E-state index contributed by atoms with van der Waals surface area (Å²) in [5.74, 6) is -0.437. The maximum Gasteiger partial charge on any atom is 0.269 e. The van der Waals surface area contributed by atoms with Gasteiger partial charge in [0, 0.05) is 18.7 Å². The summed E-state index contributed by atoms with van der Waals surface area (Å²) in [4.78, 5) is 16.3. The van der Waals surface area contributed by atoms with Crippen molar-refractivity contribution in [3.63, 3.8) is 0 Å². The molecule has 3 aromatic rings. The number of anilines is 1. The third kappa shape index (κ3) is 5.64. The van der Waals surface area contributed by atoms with Gasteiger partial charge >= 0.3 is 0 Å². The van der Waals surface area contributed by atoms with Crippen molar-refractivity contribution in [2.24, 2.45) is 0 Å². The Hall–Kier alpha value is -3.21. The molecule has 0 fully saturated rings. The van der Waals surface area contributed by atoms with Gasteiger partial charge in [0.1, 0.15) is 11.5 Å². The molecule has 0 saturated heterocycles. The number of nitrogens with zero attached hydrogens (tertiary/aromatic N) is 1. The van der Waals surface area contributed by atoms with Gasteiger partial charge in [-0.05, 0) is 36.6 Å². The molecule has 0 aliphatic heterocycles. The second kappa shape index (κ2) is 9.48. The molecule has 4 nitrogen and oxygen atoms in total. The lowest BCUT2D eigenvalue weighted by Gasteiger charge is -2.08. The number of rotatable bonds is 8. The van der Waals surface area contributed by atoms with Gasteiger partial charge in [0.15, 0.2) is 0 Å². The van der Waals surface area contributed by atoms with E-state index in [0.717, 1.165) is 18.5 Å². The molecule has 3 rings (SSSR count). The van der Waals surface area contributed by atoms with E-state index in [1.165, 1.54) is 11.6 Å². The largest absolute Gasteiger partial charge is 0.380 e. The summed E-state index contributed by atoms with van der Waals surface area (Å²) in [6.07, 6.45) is 3.38. The number of carbonyl (C=O) groups excluding carboxylic acids is 1. The van der Waals surface area contributed by atoms with Crippen LogP contribution in [0.25, 0.3) is 0 Å². The van der Waals surface area contributed by atoms with Crippen LogP contribution in [0, 0.1) is 5.82 Å². The molecule has 0 aliphatic carbocycles. The lowest BCUT2D eigenvalue weighted by atomic mass is 10.1. The quantitative estimate of drug-likeness (QED) is 0.590. The molecule has 0 radical (unpaired) electrons. The highest BCUT2D eigenvalue weighted by Gasteiger charge is 2.07. The van der Waals surface area contributed by atoms with Gasteiger partial charge < -0.3 is 10.6 Å². The number of benzene rings is 2. The first kappa shape index (κ1) is 18.6. The van der Waals surface area contributed by atoms with E-state index in [2.05, 4.69) is 27.8 Å². The summed E-state index contributed by atoms with van der Waals surface area (Å²) >= 11 is 0. The molecule has 1 heterocycles. The lowest BCUT2D eigenvalue weighted by Crippen LogP contribution is -2.25. The SMILES string of the molecule is O=C(NCCCc1ccccc1)c1ccc(NCc2ccccc2F)cn1. The molecule has 0 unspecified atom stereocenters. The molecular formula is C22H22FN3O. The molecule has 5 heteroatoms. The van der Waals surface area contributed by atoms with Crippen LogP contribution in [0.1, 0.15) is 28.0 Å². The minimum Gasteiger partial charge on any atom is -0.380 e. The molecule has 0 spiro atoms. The van der Waals surface area contributed by atoms with Gasteiger partial charge in [-0.3, -0.25) is 4.79 Å². The minimum atomic E-state index is -0.246. The number of hydrogen-bond acceptors (Lipinski definition) is 3. The van der Waals surface area contributed by atoms with Crippen LogP contribution in [0.2, 0.25) is 0 Å². The molecule has 27 heavy (non-hydrogen) atoms. The maximum absolute atomic E-state index is 13.6. The fourth-order valence-electron chi connectivity index (χ4n) is 2.70. The van der Waals surface area contributed by atoms with Gasteiger partial charge in [-0.2, -0.15) is 0 Å². The molecular weight excluding hydrogens is 341 g/mol. The average Bonchev–Trinajstić information content (AvgIpc) is 2.72. The van der Waals surface area contributed by atoms with E-state index in [-0.39, 0.29) is 11.7 Å². The van der Waals surface area contributed by atoms with Crippen molar-refractivity contribution < 1.29 is 9.18 Å². The highest BCUT2D eigenvalue weighted by atomic mass is 19.1. The number of aromatic nitrogens is 1. The lowest BCUT2D eigenvalue weighted by molar-refractivity contribution is 0.0948. The topological polar surface area (TPSA) is 54.0 Å². The van der Waals surface area contributed by atoms with Gasteiger partial charge in [-0.25, -0.2) is 9.37 Å². The average molecular weight is 363 g/mol. The molecule has 0 saturated carbocycles. The zero-order chi connectivity index (χ0) is 18.9. The van der Waals surface area contributed by atoms with Gasteiger partial charge in [0.05, 0.1) is 11.9 Å². The molecule has 138 valence electrons. The van der Waals surface area contributed by atoms with Crippen molar-refractivity contribution in [1.82, 2.24) is 10.3 Å². The van der Waals surface area contributed by atoms with Crippen LogP contribution in [0.3, 0.4) is 0 Å². The predicted molar refractivity (Wildman–Crippen MR) is 105 cm³/mol. The summed E-state index contributed by atoms with van der Waals surface area (Å²) in [6.45, 7) is 0.960. The maximum atomic E-state index is 13.6. The van der Waals surface area contributed by atoms with E-state index in [1.54, 1.807) is 36.5 Å². The minimum absolute atomic E-state index is 0.191. The Kier molecular flexibility index (Phi) is 6.52. The fraction of sp³-hybridized carbons (Fsp3) is 0.182. The molecule has 1 amide bonds. The van der Waals surface area contributed by atoms with Crippen LogP contribution in [0.15, 0.2) is 72.9 Å². The molecule has 0 bridgehead atoms. The second-order valence-corrected chi connectivity index (χ2v) is 6.22. The van der Waals surface area contributed by atoms with E-state index in [0.29, 0.717) is 24.3 Å². The zero-order valence-electron chi connectivity index (χ0n) is 15.0. The van der Waals surface area contributed by atoms with Crippen LogP contribution >= 0.6 is 0 Å². The van der Waals surface area contributed by atoms with Crippen LogP contribution < -0.4 is 10.6 Å². The van der Waals surface area contributed by atoms with E-state index >= 15 is 0 Å². The monoisotopic (exact) mass is 363 g/mol. The molecule has 0 aliphatic rings. The van der Waals surface area contributed by atoms with Crippen LogP contribution in [0.5, 0.6) is 0 Å². The van der Waals surface area contributed by atoms with Crippen molar-refractivity contribution >= 4 is 11.6 Å². The summed E-state index contributed by atoms with van der Waals surface area (Å²) in [7, 11) is 0. The number of aryl methyl sites for hydroxylation is 1. The summed E-state index contributed by atoms with van der Waals surface area (Å²) < 4.78 is 13.6. The Morgan fingerprint density at radius 3 is 2.48 bits per heavy atom.